The highest BCUT2D eigenvalue weighted by atomic mass is 16.5. The summed E-state index contributed by atoms with van der Waals surface area (Å²) in [6.07, 6.45) is 6.45. The first-order chi connectivity index (χ1) is 8.17. The van der Waals surface area contributed by atoms with Gasteiger partial charge in [-0.1, -0.05) is 12.2 Å². The fourth-order valence-corrected chi connectivity index (χ4v) is 1.13. The van der Waals surface area contributed by atoms with Gasteiger partial charge in [0.25, 0.3) is 5.91 Å². The standard InChI is InChI=1S/C11H13N3O3/c1-17-10(15)4-2-3-8-5-9(7-13-6-8)11(16)14-12/h2-3,5-7H,4,12H2,1H3,(H,14,16). The van der Waals surface area contributed by atoms with Gasteiger partial charge in [-0.2, -0.15) is 0 Å². The Morgan fingerprint density at radius 3 is 2.94 bits per heavy atom. The van der Waals surface area contributed by atoms with Crippen molar-refractivity contribution < 1.29 is 14.3 Å². The van der Waals surface area contributed by atoms with E-state index < -0.39 is 5.91 Å². The number of ether oxygens (including phenoxy) is 1. The smallest absolute Gasteiger partial charge is 0.309 e. The van der Waals surface area contributed by atoms with E-state index in [9.17, 15) is 9.59 Å². The van der Waals surface area contributed by atoms with Crippen LogP contribution in [0.4, 0.5) is 0 Å². The molecule has 1 heterocycles. The van der Waals surface area contributed by atoms with E-state index in [1.165, 1.54) is 13.3 Å². The quantitative estimate of drug-likeness (QED) is 0.338. The van der Waals surface area contributed by atoms with Crippen LogP contribution in [0, 0.1) is 0 Å². The molecule has 0 saturated heterocycles. The lowest BCUT2D eigenvalue weighted by Gasteiger charge is -1.99. The van der Waals surface area contributed by atoms with Gasteiger partial charge in [-0.25, -0.2) is 5.84 Å². The number of nitrogens with two attached hydrogens (primary N) is 1. The van der Waals surface area contributed by atoms with Crippen molar-refractivity contribution in [3.05, 3.63) is 35.7 Å². The fourth-order valence-electron chi connectivity index (χ4n) is 1.13. The van der Waals surface area contributed by atoms with Crippen LogP contribution < -0.4 is 11.3 Å². The molecule has 1 amide bonds. The summed E-state index contributed by atoms with van der Waals surface area (Å²) in [7, 11) is 1.32. The lowest BCUT2D eigenvalue weighted by atomic mass is 10.2. The van der Waals surface area contributed by atoms with E-state index in [-0.39, 0.29) is 12.4 Å². The zero-order chi connectivity index (χ0) is 12.7. The van der Waals surface area contributed by atoms with Gasteiger partial charge in [0.2, 0.25) is 0 Å². The van der Waals surface area contributed by atoms with Gasteiger partial charge in [0.1, 0.15) is 0 Å². The molecular weight excluding hydrogens is 222 g/mol. The number of esters is 1. The number of aromatic nitrogens is 1. The monoisotopic (exact) mass is 235 g/mol. The van der Waals surface area contributed by atoms with Gasteiger partial charge in [0.15, 0.2) is 0 Å². The molecule has 3 N–H and O–H groups in total. The second-order valence-corrected chi connectivity index (χ2v) is 3.16. The third-order valence-corrected chi connectivity index (χ3v) is 1.98. The first-order valence-electron chi connectivity index (χ1n) is 4.86. The second kappa shape index (κ2) is 6.39. The third-order valence-electron chi connectivity index (χ3n) is 1.98. The van der Waals surface area contributed by atoms with Crippen molar-refractivity contribution in [3.63, 3.8) is 0 Å². The van der Waals surface area contributed by atoms with Gasteiger partial charge < -0.3 is 4.74 Å². The Morgan fingerprint density at radius 2 is 2.29 bits per heavy atom. The van der Waals surface area contributed by atoms with Crippen LogP contribution in [0.25, 0.3) is 6.08 Å². The minimum atomic E-state index is -0.416. The van der Waals surface area contributed by atoms with Crippen LogP contribution in [0.1, 0.15) is 22.3 Å². The summed E-state index contributed by atoms with van der Waals surface area (Å²) in [5, 5.41) is 0. The van der Waals surface area contributed by atoms with Crippen LogP contribution in [0.15, 0.2) is 24.5 Å². The summed E-state index contributed by atoms with van der Waals surface area (Å²) in [6.45, 7) is 0. The number of hydrogen-bond acceptors (Lipinski definition) is 5. The van der Waals surface area contributed by atoms with Crippen LogP contribution in [0.3, 0.4) is 0 Å². The summed E-state index contributed by atoms with van der Waals surface area (Å²) in [6, 6.07) is 1.61. The molecule has 6 heteroatoms. The molecule has 0 atom stereocenters. The Morgan fingerprint density at radius 1 is 1.53 bits per heavy atom. The maximum absolute atomic E-state index is 11.2. The number of nitrogens with one attached hydrogen (secondary N) is 1. The molecule has 0 saturated carbocycles. The number of amides is 1. The highest BCUT2D eigenvalue weighted by Gasteiger charge is 2.03. The van der Waals surface area contributed by atoms with Crippen molar-refractivity contribution in [3.8, 4) is 0 Å². The molecule has 0 fully saturated rings. The highest BCUT2D eigenvalue weighted by Crippen LogP contribution is 2.05. The number of nitrogen functional groups attached to an aromatic ring is 1. The van der Waals surface area contributed by atoms with Crippen molar-refractivity contribution in [1.82, 2.24) is 10.4 Å². The lowest BCUT2D eigenvalue weighted by molar-refractivity contribution is -0.139. The van der Waals surface area contributed by atoms with Crippen LogP contribution in [0.2, 0.25) is 0 Å². The normalized spacial score (nSPS) is 10.2. The van der Waals surface area contributed by atoms with E-state index in [1.54, 1.807) is 24.4 Å². The average molecular weight is 235 g/mol. The van der Waals surface area contributed by atoms with Crippen LogP contribution in [-0.2, 0) is 9.53 Å². The molecule has 0 aromatic carbocycles. The number of hydrogen-bond donors (Lipinski definition) is 2. The van der Waals surface area contributed by atoms with Crippen LogP contribution in [-0.4, -0.2) is 24.0 Å². The Kier molecular flexibility index (Phi) is 4.83. The van der Waals surface area contributed by atoms with Crippen molar-refractivity contribution in [1.29, 1.82) is 0 Å². The first kappa shape index (κ1) is 12.9. The van der Waals surface area contributed by atoms with E-state index in [0.29, 0.717) is 11.1 Å². The molecule has 90 valence electrons. The average Bonchev–Trinajstić information content (AvgIpc) is 2.38. The Balaban J connectivity index is 2.72. The van der Waals surface area contributed by atoms with Gasteiger partial charge >= 0.3 is 5.97 Å². The number of methoxy groups -OCH3 is 1. The van der Waals surface area contributed by atoms with E-state index in [0.717, 1.165) is 0 Å². The van der Waals surface area contributed by atoms with E-state index in [1.807, 2.05) is 5.43 Å². The summed E-state index contributed by atoms with van der Waals surface area (Å²) < 4.78 is 4.48. The van der Waals surface area contributed by atoms with Crippen LogP contribution in [0.5, 0.6) is 0 Å². The summed E-state index contributed by atoms with van der Waals surface area (Å²) in [5.74, 6) is 4.26. The fraction of sp³-hybridized carbons (Fsp3) is 0.182. The molecule has 0 spiro atoms. The van der Waals surface area contributed by atoms with Crippen molar-refractivity contribution in [2.75, 3.05) is 7.11 Å². The zero-order valence-corrected chi connectivity index (χ0v) is 9.34. The number of carbonyl (C=O) groups excluding carboxylic acids is 2. The number of hydrazine groups is 1. The van der Waals surface area contributed by atoms with E-state index in [4.69, 9.17) is 5.84 Å². The van der Waals surface area contributed by atoms with Crippen molar-refractivity contribution in [2.45, 2.75) is 6.42 Å². The van der Waals surface area contributed by atoms with Gasteiger partial charge in [-0.15, -0.1) is 0 Å². The van der Waals surface area contributed by atoms with E-state index >= 15 is 0 Å². The van der Waals surface area contributed by atoms with Crippen LogP contribution >= 0.6 is 0 Å². The summed E-state index contributed by atoms with van der Waals surface area (Å²) in [4.78, 5) is 26.0. The number of pyridine rings is 1. The van der Waals surface area contributed by atoms with Gasteiger partial charge in [-0.05, 0) is 11.6 Å². The molecule has 0 radical (unpaired) electrons. The molecule has 17 heavy (non-hydrogen) atoms. The molecule has 0 bridgehead atoms. The van der Waals surface area contributed by atoms with Gasteiger partial charge in [0, 0.05) is 12.4 Å². The Hall–Kier alpha value is -2.21. The minimum Gasteiger partial charge on any atom is -0.469 e. The second-order valence-electron chi connectivity index (χ2n) is 3.16. The number of rotatable bonds is 4. The number of nitrogens with zero attached hydrogens (tertiary/aromatic N) is 1. The Bertz CT molecular complexity index is 443. The van der Waals surface area contributed by atoms with Crippen molar-refractivity contribution in [2.24, 2.45) is 5.84 Å². The molecule has 0 aliphatic rings. The minimum absolute atomic E-state index is 0.170. The molecule has 0 unspecified atom stereocenters. The van der Waals surface area contributed by atoms with Crippen molar-refractivity contribution >= 4 is 18.0 Å². The third kappa shape index (κ3) is 4.04. The molecule has 0 aliphatic carbocycles. The molecule has 1 rings (SSSR count). The molecule has 1 aromatic heterocycles. The Labute approximate surface area is 98.4 Å². The predicted octanol–water partition coefficient (Wildman–Crippen LogP) is 0.261. The lowest BCUT2D eigenvalue weighted by Crippen LogP contribution is -2.30. The molecular formula is C11H13N3O3. The van der Waals surface area contributed by atoms with E-state index in [2.05, 4.69) is 9.72 Å². The molecule has 1 aromatic rings. The topological polar surface area (TPSA) is 94.3 Å². The highest BCUT2D eigenvalue weighted by molar-refractivity contribution is 5.93. The largest absolute Gasteiger partial charge is 0.469 e. The first-order valence-corrected chi connectivity index (χ1v) is 4.86. The molecule has 6 nitrogen and oxygen atoms in total. The summed E-state index contributed by atoms with van der Waals surface area (Å²) >= 11 is 0. The zero-order valence-electron chi connectivity index (χ0n) is 9.34. The number of carbonyl (C=O) groups is 2. The molecule has 0 aliphatic heterocycles. The summed E-state index contributed by atoms with van der Waals surface area (Å²) in [5.41, 5.74) is 3.07. The van der Waals surface area contributed by atoms with Gasteiger partial charge in [-0.3, -0.25) is 20.0 Å². The predicted molar refractivity (Wildman–Crippen MR) is 61.6 cm³/mol. The van der Waals surface area contributed by atoms with Gasteiger partial charge in [0.05, 0.1) is 19.1 Å². The SMILES string of the molecule is COC(=O)CC=Cc1cncc(C(=O)NN)c1. The maximum atomic E-state index is 11.2. The maximum Gasteiger partial charge on any atom is 0.309 e.